The van der Waals surface area contributed by atoms with Crippen LogP contribution in [0.5, 0.6) is 0 Å². The third kappa shape index (κ3) is 8.29. The first kappa shape index (κ1) is 27.9. The molecular weight excluding hydrogens is 569 g/mol. The molecule has 0 aromatic heterocycles. The average molecular weight is 610 g/mol. The maximum atomic E-state index is 4.61. The zero-order valence-corrected chi connectivity index (χ0v) is 23.9. The molecular formula is C23H41ClP2Pt. The molecule has 0 N–H and O–H groups in total. The van der Waals surface area contributed by atoms with Gasteiger partial charge in [-0.25, -0.2) is 0 Å². The van der Waals surface area contributed by atoms with Crippen LogP contribution in [-0.4, -0.2) is 22.6 Å². The third-order valence-corrected chi connectivity index (χ3v) is 12.1. The van der Waals surface area contributed by atoms with Crippen molar-refractivity contribution in [2.24, 2.45) is 0 Å². The Balaban J connectivity index is 0.00000326. The van der Waals surface area contributed by atoms with Crippen molar-refractivity contribution in [2.45, 2.75) is 104 Å². The number of hydrogen-bond acceptors (Lipinski definition) is 0. The Labute approximate surface area is 188 Å². The summed E-state index contributed by atoms with van der Waals surface area (Å²) in [5.74, 6) is 0. The minimum absolute atomic E-state index is 0.0107. The van der Waals surface area contributed by atoms with Crippen LogP contribution in [0.1, 0.15) is 83.2 Å². The van der Waals surface area contributed by atoms with Crippen LogP contribution in [0.3, 0.4) is 0 Å². The Morgan fingerprint density at radius 2 is 1.00 bits per heavy atom. The zero-order valence-electron chi connectivity index (χ0n) is 19.1. The quantitative estimate of drug-likeness (QED) is 0.204. The van der Waals surface area contributed by atoms with Crippen LogP contribution in [0.15, 0.2) is 6.07 Å². The molecule has 1 aromatic carbocycles. The van der Waals surface area contributed by atoms with Gasteiger partial charge in [-0.2, -0.15) is 12.5 Å². The molecule has 0 aliphatic rings. The van der Waals surface area contributed by atoms with Crippen molar-refractivity contribution < 1.29 is 18.8 Å². The van der Waals surface area contributed by atoms with E-state index in [0.717, 1.165) is 22.6 Å². The second-order valence-corrected chi connectivity index (χ2v) is 15.5. The van der Waals surface area contributed by atoms with Gasteiger partial charge in [-0.15, -0.1) is 38.1 Å². The Kier molecular flexibility index (Phi) is 13.7. The molecule has 0 unspecified atom stereocenters. The molecule has 0 fully saturated rings. The average Bonchev–Trinajstić information content (AvgIpc) is 2.54. The summed E-state index contributed by atoms with van der Waals surface area (Å²) in [4.78, 5) is 0. The van der Waals surface area contributed by atoms with Crippen molar-refractivity contribution in [3.8, 4) is 0 Å². The number of halogens is 1. The van der Waals surface area contributed by atoms with Crippen LogP contribution in [0.25, 0.3) is 0 Å². The van der Waals surface area contributed by atoms with E-state index < -0.39 is 0 Å². The summed E-state index contributed by atoms with van der Waals surface area (Å²) in [5, 5.41) is 0. The van der Waals surface area contributed by atoms with E-state index in [1.54, 1.807) is 29.9 Å². The van der Waals surface area contributed by atoms with Gasteiger partial charge in [0, 0.05) is 0 Å². The molecule has 0 spiro atoms. The molecule has 0 atom stereocenters. The molecule has 0 aliphatic heterocycles. The summed E-state index contributed by atoms with van der Waals surface area (Å²) >= 11 is 1.61. The van der Waals surface area contributed by atoms with Gasteiger partial charge in [0.2, 0.25) is 0 Å². The van der Waals surface area contributed by atoms with Gasteiger partial charge in [0.1, 0.15) is 0 Å². The van der Waals surface area contributed by atoms with Gasteiger partial charge in [0.15, 0.2) is 0 Å². The van der Waals surface area contributed by atoms with E-state index in [1.807, 2.05) is 0 Å². The molecule has 0 bridgehead atoms. The van der Waals surface area contributed by atoms with Gasteiger partial charge in [0.25, 0.3) is 0 Å². The van der Waals surface area contributed by atoms with Gasteiger partial charge in [-0.05, 0) is 22.6 Å². The normalized spacial score (nSPS) is 12.0. The van der Waals surface area contributed by atoms with E-state index in [9.17, 15) is 0 Å². The summed E-state index contributed by atoms with van der Waals surface area (Å²) in [6, 6.07) is 2.43. The summed E-state index contributed by atoms with van der Waals surface area (Å²) in [6.45, 7) is 28.4. The first-order chi connectivity index (χ1) is 12.5. The van der Waals surface area contributed by atoms with Crippen LogP contribution >= 0.6 is 25.3 Å². The fourth-order valence-corrected chi connectivity index (χ4v) is 9.34. The summed E-state index contributed by atoms with van der Waals surface area (Å²) in [7, 11) is 4.63. The number of benzene rings is 1. The Morgan fingerprint density at radius 1 is 0.741 bits per heavy atom. The number of hydrogen-bond donors (Lipinski definition) is 0. The fourth-order valence-electron chi connectivity index (χ4n) is 3.89. The molecule has 0 heterocycles. The van der Waals surface area contributed by atoms with Gasteiger partial charge in [-0.1, -0.05) is 87.6 Å². The van der Waals surface area contributed by atoms with Crippen molar-refractivity contribution in [3.63, 3.8) is 0 Å². The summed E-state index contributed by atoms with van der Waals surface area (Å²) < 4.78 is 0. The molecule has 160 valence electrons. The summed E-state index contributed by atoms with van der Waals surface area (Å²) in [6.07, 6.45) is 2.48. The van der Waals surface area contributed by atoms with E-state index in [4.69, 9.17) is 0 Å². The van der Waals surface area contributed by atoms with Gasteiger partial charge >= 0.3 is 28.2 Å². The van der Waals surface area contributed by atoms with Gasteiger partial charge < -0.3 is 0 Å². The summed E-state index contributed by atoms with van der Waals surface area (Å²) in [5.41, 5.74) is 10.5. The molecule has 1 rings (SSSR count). The van der Waals surface area contributed by atoms with Crippen molar-refractivity contribution in [3.05, 3.63) is 40.8 Å². The van der Waals surface area contributed by atoms with E-state index in [-0.39, 0.29) is 15.8 Å². The van der Waals surface area contributed by atoms with Crippen molar-refractivity contribution >= 4 is 25.3 Å². The molecule has 4 heteroatoms. The topological polar surface area (TPSA) is 0 Å². The van der Waals surface area contributed by atoms with Crippen molar-refractivity contribution in [1.29, 1.82) is 0 Å². The van der Waals surface area contributed by atoms with E-state index >= 15 is 0 Å². The molecule has 1 aromatic rings. The SMILES string of the molecule is [CH2-]c1c(CP(C(C)C)C(C)C)c(C)cc(C)c1CP(C(C)C)C(C)C.[Cl][Pt+]. The minimum atomic E-state index is 0.0107. The molecule has 0 aliphatic carbocycles. The van der Waals surface area contributed by atoms with E-state index in [0.29, 0.717) is 0 Å². The molecule has 0 radical (unpaired) electrons. The van der Waals surface area contributed by atoms with Crippen LogP contribution in [0.2, 0.25) is 0 Å². The third-order valence-electron chi connectivity index (χ3n) is 5.45. The second-order valence-electron chi connectivity index (χ2n) is 8.67. The van der Waals surface area contributed by atoms with Crippen LogP contribution < -0.4 is 0 Å². The van der Waals surface area contributed by atoms with E-state index in [2.05, 4.69) is 91.6 Å². The predicted octanol–water partition coefficient (Wildman–Crippen LogP) is 8.77. The van der Waals surface area contributed by atoms with Crippen LogP contribution in [0.4, 0.5) is 0 Å². The number of aryl methyl sites for hydroxylation is 2. The van der Waals surface area contributed by atoms with Crippen LogP contribution in [-0.2, 0) is 31.1 Å². The standard InChI is InChI=1S/C23H41P2.ClH.Pt/c1-15(2)24(16(3)4)13-22-19(9)12-20(10)23(21(22)11)14-25(17(5)6)18(7)8;;/h12,15-18H,11,13-14H2,1-10H3;1H;/q-1;;+2/p-1. The molecule has 0 saturated carbocycles. The first-order valence-corrected chi connectivity index (χ1v) is 16.2. The van der Waals surface area contributed by atoms with Crippen molar-refractivity contribution in [2.75, 3.05) is 0 Å². The molecule has 0 saturated heterocycles. The first-order valence-electron chi connectivity index (χ1n) is 10.0. The fraction of sp³-hybridized carbons (Fsp3) is 0.696. The van der Waals surface area contributed by atoms with Gasteiger partial charge in [0.05, 0.1) is 0 Å². The van der Waals surface area contributed by atoms with Crippen molar-refractivity contribution in [1.82, 2.24) is 0 Å². The Hall–Kier alpha value is 0.928. The predicted molar refractivity (Wildman–Crippen MR) is 128 cm³/mol. The molecule has 27 heavy (non-hydrogen) atoms. The number of rotatable bonds is 8. The Morgan fingerprint density at radius 3 is 1.22 bits per heavy atom. The molecule has 0 nitrogen and oxygen atoms in total. The monoisotopic (exact) mass is 609 g/mol. The van der Waals surface area contributed by atoms with Gasteiger partial charge in [-0.3, -0.25) is 0 Å². The second kappa shape index (κ2) is 13.3. The van der Waals surface area contributed by atoms with Crippen LogP contribution in [0, 0.1) is 20.8 Å². The maximum absolute atomic E-state index is 4.61. The van der Waals surface area contributed by atoms with E-state index in [1.165, 1.54) is 29.0 Å². The molecule has 0 amide bonds. The Bertz CT molecular complexity index is 506. The zero-order chi connectivity index (χ0) is 21.5.